The van der Waals surface area contributed by atoms with E-state index in [-0.39, 0.29) is 41.0 Å². The van der Waals surface area contributed by atoms with Crippen molar-refractivity contribution in [2.45, 2.75) is 50.5 Å². The molecule has 11 nitrogen and oxygen atoms in total. The summed E-state index contributed by atoms with van der Waals surface area (Å²) in [6.07, 6.45) is 1.33. The van der Waals surface area contributed by atoms with Crippen LogP contribution in [0.1, 0.15) is 45.1 Å². The molecule has 0 radical (unpaired) electrons. The Bertz CT molecular complexity index is 1490. The number of hydrogen-bond donors (Lipinski definition) is 1. The predicted octanol–water partition coefficient (Wildman–Crippen LogP) is 3.91. The average molecular weight is 598 g/mol. The van der Waals surface area contributed by atoms with Gasteiger partial charge in [0.1, 0.15) is 10.6 Å². The molecule has 0 atom stereocenters. The van der Waals surface area contributed by atoms with E-state index in [2.05, 4.69) is 53.3 Å². The number of amides is 1. The van der Waals surface area contributed by atoms with Gasteiger partial charge in [0, 0.05) is 30.3 Å². The summed E-state index contributed by atoms with van der Waals surface area (Å²) in [6, 6.07) is 12.9. The van der Waals surface area contributed by atoms with E-state index < -0.39 is 10.0 Å². The molecule has 12 heteroatoms. The van der Waals surface area contributed by atoms with Crippen LogP contribution >= 0.6 is 0 Å². The Balaban J connectivity index is 1.16. The van der Waals surface area contributed by atoms with Crippen molar-refractivity contribution in [1.82, 2.24) is 19.3 Å². The van der Waals surface area contributed by atoms with Crippen LogP contribution in [-0.2, 0) is 31.5 Å². The molecule has 0 unspecified atom stereocenters. The number of benzene rings is 2. The van der Waals surface area contributed by atoms with Crippen molar-refractivity contribution in [3.05, 3.63) is 53.9 Å². The van der Waals surface area contributed by atoms with Gasteiger partial charge in [-0.1, -0.05) is 50.2 Å². The third kappa shape index (κ3) is 6.83. The van der Waals surface area contributed by atoms with Gasteiger partial charge in [-0.15, -0.1) is 0 Å². The molecule has 5 rings (SSSR count). The highest BCUT2D eigenvalue weighted by molar-refractivity contribution is 7.89. The summed E-state index contributed by atoms with van der Waals surface area (Å²) in [5.41, 5.74) is 2.65. The minimum absolute atomic E-state index is 0.0311. The number of hydrogen-bond acceptors (Lipinski definition) is 9. The molecule has 226 valence electrons. The number of nitrogens with one attached hydrogen (secondary N) is 1. The van der Waals surface area contributed by atoms with Crippen molar-refractivity contribution in [3.8, 4) is 17.1 Å². The Labute approximate surface area is 247 Å². The van der Waals surface area contributed by atoms with Crippen molar-refractivity contribution < 1.29 is 27.2 Å². The Morgan fingerprint density at radius 2 is 1.74 bits per heavy atom. The second-order valence-corrected chi connectivity index (χ2v) is 13.7. The number of anilines is 1. The fourth-order valence-corrected chi connectivity index (χ4v) is 6.82. The summed E-state index contributed by atoms with van der Waals surface area (Å²) < 4.78 is 44.1. The standard InChI is InChI=1S/C30H39N5O6S/c1-30(2,3)23-7-5-21(6-8-23)28-32-27(41-33-28)20-34-13-11-22(12-14-34)29(36)31-24-9-10-25(39-4)26(19-24)42(37,38)35-15-17-40-18-16-35/h5-10,19,22H,11-18,20H2,1-4H3,(H,31,36). The highest BCUT2D eigenvalue weighted by Gasteiger charge is 2.31. The first-order chi connectivity index (χ1) is 20.0. The molecule has 2 aromatic carbocycles. The van der Waals surface area contributed by atoms with Gasteiger partial charge in [-0.2, -0.15) is 9.29 Å². The van der Waals surface area contributed by atoms with Crippen LogP contribution in [0.15, 0.2) is 51.9 Å². The lowest BCUT2D eigenvalue weighted by Gasteiger charge is -2.30. The Morgan fingerprint density at radius 3 is 2.38 bits per heavy atom. The fourth-order valence-electron chi connectivity index (χ4n) is 5.23. The Kier molecular flexibility index (Phi) is 8.97. The number of aromatic nitrogens is 2. The molecule has 0 aliphatic carbocycles. The van der Waals surface area contributed by atoms with E-state index in [1.54, 1.807) is 12.1 Å². The zero-order valence-electron chi connectivity index (χ0n) is 24.6. The van der Waals surface area contributed by atoms with Crippen LogP contribution in [0.5, 0.6) is 5.75 Å². The van der Waals surface area contributed by atoms with Gasteiger partial charge >= 0.3 is 0 Å². The predicted molar refractivity (Wildman–Crippen MR) is 158 cm³/mol. The number of methoxy groups -OCH3 is 1. The summed E-state index contributed by atoms with van der Waals surface area (Å²) >= 11 is 0. The molecule has 2 aliphatic heterocycles. The molecule has 3 aromatic rings. The maximum absolute atomic E-state index is 13.3. The van der Waals surface area contributed by atoms with Crippen LogP contribution in [0, 0.1) is 5.92 Å². The number of rotatable bonds is 8. The van der Waals surface area contributed by atoms with E-state index in [4.69, 9.17) is 14.0 Å². The van der Waals surface area contributed by atoms with Crippen LogP contribution < -0.4 is 10.1 Å². The molecule has 42 heavy (non-hydrogen) atoms. The van der Waals surface area contributed by atoms with Crippen LogP contribution in [0.3, 0.4) is 0 Å². The van der Waals surface area contributed by atoms with Crippen molar-refractivity contribution in [3.63, 3.8) is 0 Å². The monoisotopic (exact) mass is 597 g/mol. The van der Waals surface area contributed by atoms with E-state index in [0.717, 1.165) is 5.56 Å². The van der Waals surface area contributed by atoms with Gasteiger partial charge in [-0.25, -0.2) is 8.42 Å². The molecular weight excluding hydrogens is 558 g/mol. The summed E-state index contributed by atoms with van der Waals surface area (Å²) in [7, 11) is -2.37. The van der Waals surface area contributed by atoms with Gasteiger partial charge in [-0.05, 0) is 55.1 Å². The van der Waals surface area contributed by atoms with Crippen LogP contribution in [0.2, 0.25) is 0 Å². The average Bonchev–Trinajstić information content (AvgIpc) is 3.46. The molecule has 0 saturated carbocycles. The Hall–Kier alpha value is -3.32. The lowest BCUT2D eigenvalue weighted by Crippen LogP contribution is -2.40. The van der Waals surface area contributed by atoms with E-state index in [0.29, 0.717) is 63.1 Å². The number of morpholine rings is 1. The van der Waals surface area contributed by atoms with Gasteiger partial charge in [0.15, 0.2) is 0 Å². The first-order valence-corrected chi connectivity index (χ1v) is 15.7. The number of sulfonamides is 1. The smallest absolute Gasteiger partial charge is 0.246 e. The highest BCUT2D eigenvalue weighted by Crippen LogP contribution is 2.31. The SMILES string of the molecule is COc1ccc(NC(=O)C2CCN(Cc3nc(-c4ccc(C(C)(C)C)cc4)no3)CC2)cc1S(=O)(=O)N1CCOCC1. The molecule has 1 aromatic heterocycles. The van der Waals surface area contributed by atoms with Crippen molar-refractivity contribution in [1.29, 1.82) is 0 Å². The van der Waals surface area contributed by atoms with Crippen molar-refractivity contribution in [2.24, 2.45) is 5.92 Å². The molecule has 0 spiro atoms. The molecule has 1 N–H and O–H groups in total. The zero-order chi connectivity index (χ0) is 29.9. The fraction of sp³-hybridized carbons (Fsp3) is 0.500. The lowest BCUT2D eigenvalue weighted by molar-refractivity contribution is -0.121. The van der Waals surface area contributed by atoms with Gasteiger partial charge < -0.3 is 19.3 Å². The van der Waals surface area contributed by atoms with Crippen molar-refractivity contribution in [2.75, 3.05) is 51.8 Å². The zero-order valence-corrected chi connectivity index (χ0v) is 25.4. The maximum Gasteiger partial charge on any atom is 0.246 e. The third-order valence-corrected chi connectivity index (χ3v) is 9.73. The molecule has 3 heterocycles. The van der Waals surface area contributed by atoms with Gasteiger partial charge in [0.2, 0.25) is 27.6 Å². The maximum atomic E-state index is 13.3. The third-order valence-electron chi connectivity index (χ3n) is 7.81. The number of piperidine rings is 1. The summed E-state index contributed by atoms with van der Waals surface area (Å²) in [6.45, 7) is 9.69. The van der Waals surface area contributed by atoms with E-state index in [1.807, 2.05) is 12.1 Å². The number of carbonyl (C=O) groups is 1. The number of nitrogens with zero attached hydrogens (tertiary/aromatic N) is 4. The lowest BCUT2D eigenvalue weighted by atomic mass is 9.87. The van der Waals surface area contributed by atoms with Gasteiger partial charge in [-0.3, -0.25) is 9.69 Å². The molecule has 2 aliphatic rings. The van der Waals surface area contributed by atoms with Gasteiger partial charge in [0.25, 0.3) is 0 Å². The number of ether oxygens (including phenoxy) is 2. The largest absolute Gasteiger partial charge is 0.495 e. The summed E-state index contributed by atoms with van der Waals surface area (Å²) in [5, 5.41) is 7.08. The molecule has 1 amide bonds. The minimum Gasteiger partial charge on any atom is -0.495 e. The number of likely N-dealkylation sites (tertiary alicyclic amines) is 1. The first-order valence-electron chi connectivity index (χ1n) is 14.3. The van der Waals surface area contributed by atoms with E-state index in [1.165, 1.54) is 23.0 Å². The van der Waals surface area contributed by atoms with Crippen LogP contribution in [-0.4, -0.2) is 80.2 Å². The Morgan fingerprint density at radius 1 is 1.05 bits per heavy atom. The highest BCUT2D eigenvalue weighted by atomic mass is 32.2. The van der Waals surface area contributed by atoms with Crippen LogP contribution in [0.4, 0.5) is 5.69 Å². The van der Waals surface area contributed by atoms with Crippen molar-refractivity contribution >= 4 is 21.6 Å². The number of carbonyl (C=O) groups excluding carboxylic acids is 1. The van der Waals surface area contributed by atoms with Gasteiger partial charge in [0.05, 0.1) is 26.9 Å². The quantitative estimate of drug-likeness (QED) is 0.411. The summed E-state index contributed by atoms with van der Waals surface area (Å²) in [4.78, 5) is 19.9. The molecule has 2 fully saturated rings. The minimum atomic E-state index is -3.80. The second kappa shape index (κ2) is 12.5. The molecule has 0 bridgehead atoms. The van der Waals surface area contributed by atoms with Crippen LogP contribution in [0.25, 0.3) is 11.4 Å². The summed E-state index contributed by atoms with van der Waals surface area (Å²) in [5.74, 6) is 1.02. The second-order valence-electron chi connectivity index (χ2n) is 11.8. The molecule has 2 saturated heterocycles. The first kappa shape index (κ1) is 30.1. The van der Waals surface area contributed by atoms with E-state index in [9.17, 15) is 13.2 Å². The molecular formula is C30H39N5O6S. The normalized spacial score (nSPS) is 17.7. The van der Waals surface area contributed by atoms with E-state index >= 15 is 0 Å². The topological polar surface area (TPSA) is 127 Å².